The summed E-state index contributed by atoms with van der Waals surface area (Å²) in [6.07, 6.45) is 5.13. The van der Waals surface area contributed by atoms with Crippen LogP contribution < -0.4 is 0 Å². The maximum atomic E-state index is 9.93. The minimum atomic E-state index is -0.703. The summed E-state index contributed by atoms with van der Waals surface area (Å²) in [6, 6.07) is 14.0. The van der Waals surface area contributed by atoms with Gasteiger partial charge in [0.2, 0.25) is 0 Å². The number of hydrogen-bond donors (Lipinski definition) is 3. The van der Waals surface area contributed by atoms with E-state index in [1.807, 2.05) is 30.3 Å². The lowest BCUT2D eigenvalue weighted by molar-refractivity contribution is 0.238. The Labute approximate surface area is 155 Å². The molecule has 0 spiro atoms. The van der Waals surface area contributed by atoms with Gasteiger partial charge in [-0.25, -0.2) is 0 Å². The molecule has 2 aromatic carbocycles. The topological polar surface area (TPSA) is 60.7 Å². The highest BCUT2D eigenvalue weighted by atomic mass is 16.3. The van der Waals surface area contributed by atoms with Gasteiger partial charge >= 0.3 is 0 Å². The van der Waals surface area contributed by atoms with Crippen molar-refractivity contribution in [1.82, 2.24) is 0 Å². The number of phenolic OH excluding ortho intramolecular Hbond substituents is 2. The van der Waals surface area contributed by atoms with Crippen molar-refractivity contribution in [2.45, 2.75) is 44.6 Å². The Bertz CT molecular complexity index is 804. The molecule has 0 radical (unpaired) electrons. The molecule has 0 fully saturated rings. The van der Waals surface area contributed by atoms with Gasteiger partial charge in [-0.05, 0) is 36.6 Å². The molecule has 0 heterocycles. The molecule has 0 aliphatic rings. The monoisotopic (exact) mass is 348 g/mol. The summed E-state index contributed by atoms with van der Waals surface area (Å²) in [4.78, 5) is 0. The zero-order valence-corrected chi connectivity index (χ0v) is 14.8. The molecule has 0 amide bonds. The summed E-state index contributed by atoms with van der Waals surface area (Å²) in [5, 5.41) is 28.6. The molecule has 3 nitrogen and oxygen atoms in total. The van der Waals surface area contributed by atoms with Gasteiger partial charge in [-0.2, -0.15) is 0 Å². The Hall–Kier alpha value is -2.88. The first-order valence-electron chi connectivity index (χ1n) is 8.89. The van der Waals surface area contributed by atoms with E-state index in [4.69, 9.17) is 0 Å². The SMILES string of the molecule is Oc1ccc(C#CCCCCCCC#CC(O)c2ccccc2)cc1O. The van der Waals surface area contributed by atoms with Gasteiger partial charge in [-0.15, -0.1) is 5.92 Å². The highest BCUT2D eigenvalue weighted by Gasteiger charge is 2.00. The molecule has 3 heteroatoms. The third-order valence-electron chi connectivity index (χ3n) is 3.92. The van der Waals surface area contributed by atoms with Crippen LogP contribution in [0.15, 0.2) is 48.5 Å². The Morgan fingerprint density at radius 2 is 1.46 bits per heavy atom. The lowest BCUT2D eigenvalue weighted by Crippen LogP contribution is -1.92. The number of aromatic hydroxyl groups is 2. The summed E-state index contributed by atoms with van der Waals surface area (Å²) in [5.74, 6) is 11.7. The molecule has 0 saturated heterocycles. The normalized spacial score (nSPS) is 11.0. The first-order valence-corrected chi connectivity index (χ1v) is 8.89. The lowest BCUT2D eigenvalue weighted by Gasteiger charge is -2.01. The average molecular weight is 348 g/mol. The molecule has 2 rings (SSSR count). The number of aliphatic hydroxyl groups is 1. The fourth-order valence-corrected chi connectivity index (χ4v) is 2.43. The minimum Gasteiger partial charge on any atom is -0.504 e. The highest BCUT2D eigenvalue weighted by molar-refractivity contribution is 5.46. The zero-order valence-electron chi connectivity index (χ0n) is 14.8. The van der Waals surface area contributed by atoms with E-state index in [1.165, 1.54) is 12.1 Å². The molecule has 0 aromatic heterocycles. The standard InChI is InChI=1S/C23H24O3/c24-21(20-13-9-7-10-14-20)15-11-6-4-2-1-3-5-8-12-19-16-17-22(25)23(26)18-19/h7,9-10,13-14,16-18,21,24-26H,1-6H2. The van der Waals surface area contributed by atoms with Crippen LogP contribution in [-0.4, -0.2) is 15.3 Å². The summed E-state index contributed by atoms with van der Waals surface area (Å²) in [5.41, 5.74) is 1.54. The fraction of sp³-hybridized carbons (Fsp3) is 0.304. The summed E-state index contributed by atoms with van der Waals surface area (Å²) >= 11 is 0. The van der Waals surface area contributed by atoms with E-state index in [2.05, 4.69) is 23.7 Å². The van der Waals surface area contributed by atoms with E-state index in [1.54, 1.807) is 6.07 Å². The zero-order chi connectivity index (χ0) is 18.6. The molecular weight excluding hydrogens is 324 g/mol. The predicted octanol–water partition coefficient (Wildman–Crippen LogP) is 4.53. The van der Waals surface area contributed by atoms with Crippen LogP contribution in [0.5, 0.6) is 11.5 Å². The molecule has 3 N–H and O–H groups in total. The maximum Gasteiger partial charge on any atom is 0.158 e. The Morgan fingerprint density at radius 1 is 0.769 bits per heavy atom. The number of phenols is 2. The Kier molecular flexibility index (Phi) is 8.13. The molecule has 2 aromatic rings. The minimum absolute atomic E-state index is 0.130. The van der Waals surface area contributed by atoms with Crippen LogP contribution >= 0.6 is 0 Å². The number of hydrogen-bond acceptors (Lipinski definition) is 3. The van der Waals surface area contributed by atoms with Crippen LogP contribution in [-0.2, 0) is 0 Å². The van der Waals surface area contributed by atoms with E-state index in [0.29, 0.717) is 5.56 Å². The number of aliphatic hydroxyl groups excluding tert-OH is 1. The second-order valence-corrected chi connectivity index (χ2v) is 6.05. The Morgan fingerprint density at radius 3 is 2.15 bits per heavy atom. The number of unbranched alkanes of at least 4 members (excludes halogenated alkanes) is 5. The average Bonchev–Trinajstić information content (AvgIpc) is 2.66. The van der Waals surface area contributed by atoms with Gasteiger partial charge in [0.1, 0.15) is 6.10 Å². The van der Waals surface area contributed by atoms with E-state index in [0.717, 1.165) is 44.1 Å². The van der Waals surface area contributed by atoms with Crippen LogP contribution in [0.2, 0.25) is 0 Å². The number of benzene rings is 2. The van der Waals surface area contributed by atoms with Crippen molar-refractivity contribution >= 4 is 0 Å². The van der Waals surface area contributed by atoms with Crippen LogP contribution in [0.25, 0.3) is 0 Å². The predicted molar refractivity (Wildman–Crippen MR) is 104 cm³/mol. The molecule has 1 atom stereocenters. The third-order valence-corrected chi connectivity index (χ3v) is 3.92. The summed E-state index contributed by atoms with van der Waals surface area (Å²) < 4.78 is 0. The van der Waals surface area contributed by atoms with Crippen molar-refractivity contribution in [2.24, 2.45) is 0 Å². The Balaban J connectivity index is 1.57. The quantitative estimate of drug-likeness (QED) is 0.408. The van der Waals surface area contributed by atoms with Crippen LogP contribution in [0.3, 0.4) is 0 Å². The van der Waals surface area contributed by atoms with Crippen molar-refractivity contribution < 1.29 is 15.3 Å². The van der Waals surface area contributed by atoms with Gasteiger partial charge in [0, 0.05) is 18.4 Å². The largest absolute Gasteiger partial charge is 0.504 e. The van der Waals surface area contributed by atoms with Crippen molar-refractivity contribution in [1.29, 1.82) is 0 Å². The molecule has 1 unspecified atom stereocenters. The molecular formula is C23H24O3. The van der Waals surface area contributed by atoms with Gasteiger partial charge < -0.3 is 15.3 Å². The van der Waals surface area contributed by atoms with Gasteiger partial charge in [0.15, 0.2) is 11.5 Å². The second kappa shape index (κ2) is 10.9. The molecule has 0 aliphatic heterocycles. The summed E-state index contributed by atoms with van der Waals surface area (Å²) in [7, 11) is 0. The number of rotatable bonds is 6. The van der Waals surface area contributed by atoms with E-state index in [9.17, 15) is 15.3 Å². The van der Waals surface area contributed by atoms with Crippen molar-refractivity contribution in [3.05, 3.63) is 59.7 Å². The first kappa shape index (κ1) is 19.4. The van der Waals surface area contributed by atoms with E-state index in [-0.39, 0.29) is 11.5 Å². The first-order chi connectivity index (χ1) is 12.7. The van der Waals surface area contributed by atoms with E-state index >= 15 is 0 Å². The van der Waals surface area contributed by atoms with Crippen LogP contribution in [0.1, 0.15) is 55.8 Å². The molecule has 26 heavy (non-hydrogen) atoms. The molecule has 134 valence electrons. The highest BCUT2D eigenvalue weighted by Crippen LogP contribution is 2.24. The van der Waals surface area contributed by atoms with Crippen molar-refractivity contribution in [2.75, 3.05) is 0 Å². The van der Waals surface area contributed by atoms with Crippen LogP contribution in [0.4, 0.5) is 0 Å². The third kappa shape index (κ3) is 6.93. The maximum absolute atomic E-state index is 9.93. The van der Waals surface area contributed by atoms with E-state index < -0.39 is 6.10 Å². The van der Waals surface area contributed by atoms with Crippen molar-refractivity contribution in [3.63, 3.8) is 0 Å². The molecule has 0 aliphatic carbocycles. The van der Waals surface area contributed by atoms with Gasteiger partial charge in [0.05, 0.1) is 0 Å². The second-order valence-electron chi connectivity index (χ2n) is 6.05. The van der Waals surface area contributed by atoms with Crippen LogP contribution in [0, 0.1) is 23.7 Å². The summed E-state index contributed by atoms with van der Waals surface area (Å²) in [6.45, 7) is 0. The van der Waals surface area contributed by atoms with Gasteiger partial charge in [0.25, 0.3) is 0 Å². The fourth-order valence-electron chi connectivity index (χ4n) is 2.43. The van der Waals surface area contributed by atoms with Gasteiger partial charge in [-0.3, -0.25) is 0 Å². The lowest BCUT2D eigenvalue weighted by atomic mass is 10.1. The van der Waals surface area contributed by atoms with Crippen molar-refractivity contribution in [3.8, 4) is 35.2 Å². The smallest absolute Gasteiger partial charge is 0.158 e. The van der Waals surface area contributed by atoms with Gasteiger partial charge in [-0.1, -0.05) is 60.9 Å². The molecule has 0 saturated carbocycles. The molecule has 0 bridgehead atoms.